The maximum absolute atomic E-state index is 5.72. The topological polar surface area (TPSA) is 41.3 Å². The molecule has 2 rings (SSSR count). The van der Waals surface area contributed by atoms with E-state index < -0.39 is 0 Å². The van der Waals surface area contributed by atoms with Crippen LogP contribution in [0.25, 0.3) is 0 Å². The van der Waals surface area contributed by atoms with E-state index in [1.807, 2.05) is 0 Å². The second-order valence-electron chi connectivity index (χ2n) is 3.70. The van der Waals surface area contributed by atoms with E-state index in [9.17, 15) is 0 Å². The Bertz CT molecular complexity index is 136. The van der Waals surface area contributed by atoms with E-state index in [0.29, 0.717) is 6.04 Å². The summed E-state index contributed by atoms with van der Waals surface area (Å²) >= 11 is 0. The third kappa shape index (κ3) is 4.09. The van der Waals surface area contributed by atoms with Gasteiger partial charge in [-0.3, -0.25) is 4.90 Å². The standard InChI is InChI=1S/C8H17N3.3ClH/c9-7-5-11(6-7)8-1-3-10-4-2-8;;;/h7-8,10H,1-6,9H2;3*1H. The highest BCUT2D eigenvalue weighted by Gasteiger charge is 2.30. The van der Waals surface area contributed by atoms with Gasteiger partial charge in [0.25, 0.3) is 0 Å². The zero-order valence-corrected chi connectivity index (χ0v) is 10.6. The van der Waals surface area contributed by atoms with Gasteiger partial charge in [0.2, 0.25) is 0 Å². The number of likely N-dealkylation sites (tertiary alicyclic amines) is 1. The molecule has 3 N–H and O–H groups in total. The highest BCUT2D eigenvalue weighted by atomic mass is 35.5. The van der Waals surface area contributed by atoms with Crippen molar-refractivity contribution in [2.24, 2.45) is 5.73 Å². The minimum absolute atomic E-state index is 0. The molecule has 3 nitrogen and oxygen atoms in total. The molecule has 2 aliphatic heterocycles. The number of rotatable bonds is 1. The molecule has 0 aromatic heterocycles. The lowest BCUT2D eigenvalue weighted by atomic mass is 9.99. The first-order valence-electron chi connectivity index (χ1n) is 4.56. The third-order valence-electron chi connectivity index (χ3n) is 2.76. The largest absolute Gasteiger partial charge is 0.325 e. The van der Waals surface area contributed by atoms with Crippen LogP contribution in [0.4, 0.5) is 0 Å². The zero-order valence-electron chi connectivity index (χ0n) is 8.15. The van der Waals surface area contributed by atoms with E-state index >= 15 is 0 Å². The molecule has 2 aliphatic rings. The van der Waals surface area contributed by atoms with Crippen LogP contribution >= 0.6 is 37.2 Å². The minimum Gasteiger partial charge on any atom is -0.325 e. The molecule has 0 bridgehead atoms. The molecule has 0 aliphatic carbocycles. The molecule has 0 spiro atoms. The summed E-state index contributed by atoms with van der Waals surface area (Å²) in [4.78, 5) is 2.52. The second-order valence-corrected chi connectivity index (χ2v) is 3.70. The van der Waals surface area contributed by atoms with E-state index in [1.165, 1.54) is 25.9 Å². The summed E-state index contributed by atoms with van der Waals surface area (Å²) in [6.07, 6.45) is 2.62. The Morgan fingerprint density at radius 3 is 1.93 bits per heavy atom. The lowest BCUT2D eigenvalue weighted by Crippen LogP contribution is -2.60. The lowest BCUT2D eigenvalue weighted by Gasteiger charge is -2.44. The average molecular weight is 265 g/mol. The number of nitrogens with one attached hydrogen (secondary N) is 1. The van der Waals surface area contributed by atoms with E-state index in [0.717, 1.165) is 19.1 Å². The van der Waals surface area contributed by atoms with Crippen LogP contribution in [-0.2, 0) is 0 Å². The number of halogens is 3. The molecule has 0 amide bonds. The third-order valence-corrected chi connectivity index (χ3v) is 2.76. The van der Waals surface area contributed by atoms with Gasteiger partial charge in [0.15, 0.2) is 0 Å². The van der Waals surface area contributed by atoms with Crippen molar-refractivity contribution < 1.29 is 0 Å². The maximum atomic E-state index is 5.72. The lowest BCUT2D eigenvalue weighted by molar-refractivity contribution is 0.0754. The number of hydrogen-bond acceptors (Lipinski definition) is 3. The van der Waals surface area contributed by atoms with E-state index in [1.54, 1.807) is 0 Å². The summed E-state index contributed by atoms with van der Waals surface area (Å²) in [6.45, 7) is 4.64. The van der Waals surface area contributed by atoms with E-state index in [4.69, 9.17) is 5.73 Å². The van der Waals surface area contributed by atoms with Crippen molar-refractivity contribution in [3.05, 3.63) is 0 Å². The molecule has 2 heterocycles. The van der Waals surface area contributed by atoms with Crippen LogP contribution in [0.5, 0.6) is 0 Å². The summed E-state index contributed by atoms with van der Waals surface area (Å²) in [6, 6.07) is 1.29. The van der Waals surface area contributed by atoms with Crippen molar-refractivity contribution in [2.45, 2.75) is 24.9 Å². The van der Waals surface area contributed by atoms with Crippen molar-refractivity contribution in [3.63, 3.8) is 0 Å². The van der Waals surface area contributed by atoms with Gasteiger partial charge >= 0.3 is 0 Å². The smallest absolute Gasteiger partial charge is 0.0297 e. The molecule has 0 saturated carbocycles. The fourth-order valence-corrected chi connectivity index (χ4v) is 2.02. The van der Waals surface area contributed by atoms with Crippen LogP contribution in [-0.4, -0.2) is 43.2 Å². The van der Waals surface area contributed by atoms with Gasteiger partial charge in [0, 0.05) is 25.2 Å². The van der Waals surface area contributed by atoms with E-state index in [2.05, 4.69) is 10.2 Å². The molecule has 0 atom stereocenters. The summed E-state index contributed by atoms with van der Waals surface area (Å²) in [5.41, 5.74) is 5.72. The number of hydrogen-bond donors (Lipinski definition) is 2. The molecule has 6 heteroatoms. The fraction of sp³-hybridized carbons (Fsp3) is 1.00. The Morgan fingerprint density at radius 2 is 1.50 bits per heavy atom. The SMILES string of the molecule is Cl.Cl.Cl.NC1CN(C2CCNCC2)C1. The fourth-order valence-electron chi connectivity index (χ4n) is 2.02. The summed E-state index contributed by atoms with van der Waals surface area (Å²) in [7, 11) is 0. The molecule has 14 heavy (non-hydrogen) atoms. The first kappa shape index (κ1) is 17.2. The minimum atomic E-state index is 0. The molecule has 2 fully saturated rings. The molecule has 0 aromatic rings. The second kappa shape index (κ2) is 7.97. The Balaban J connectivity index is 0. The molecule has 0 unspecified atom stereocenters. The Morgan fingerprint density at radius 1 is 1.00 bits per heavy atom. The Kier molecular flexibility index (Phi) is 9.76. The maximum Gasteiger partial charge on any atom is 0.0297 e. The van der Waals surface area contributed by atoms with Crippen LogP contribution in [0.15, 0.2) is 0 Å². The van der Waals surface area contributed by atoms with Gasteiger partial charge in [-0.15, -0.1) is 37.2 Å². The van der Waals surface area contributed by atoms with Crippen molar-refractivity contribution in [3.8, 4) is 0 Å². The van der Waals surface area contributed by atoms with Gasteiger partial charge < -0.3 is 11.1 Å². The van der Waals surface area contributed by atoms with Crippen LogP contribution in [0, 0.1) is 0 Å². The molecule has 2 saturated heterocycles. The summed E-state index contributed by atoms with van der Waals surface area (Å²) in [5.74, 6) is 0. The number of piperidine rings is 1. The quantitative estimate of drug-likeness (QED) is 0.731. The van der Waals surface area contributed by atoms with Gasteiger partial charge in [0.05, 0.1) is 0 Å². The summed E-state index contributed by atoms with van der Waals surface area (Å²) in [5, 5.41) is 3.37. The Hall–Kier alpha value is 0.750. The van der Waals surface area contributed by atoms with Gasteiger partial charge in [-0.05, 0) is 25.9 Å². The number of nitrogens with zero attached hydrogens (tertiary/aromatic N) is 1. The zero-order chi connectivity index (χ0) is 7.68. The molecular weight excluding hydrogens is 244 g/mol. The van der Waals surface area contributed by atoms with Crippen molar-refractivity contribution >= 4 is 37.2 Å². The predicted molar refractivity (Wildman–Crippen MR) is 67.2 cm³/mol. The van der Waals surface area contributed by atoms with Crippen LogP contribution in [0.2, 0.25) is 0 Å². The van der Waals surface area contributed by atoms with Gasteiger partial charge in [-0.1, -0.05) is 0 Å². The van der Waals surface area contributed by atoms with Gasteiger partial charge in [-0.25, -0.2) is 0 Å². The van der Waals surface area contributed by atoms with Crippen LogP contribution in [0.1, 0.15) is 12.8 Å². The van der Waals surface area contributed by atoms with Crippen molar-refractivity contribution in [2.75, 3.05) is 26.2 Å². The molecule has 0 radical (unpaired) electrons. The first-order valence-corrected chi connectivity index (χ1v) is 4.56. The molecule has 88 valence electrons. The predicted octanol–water partition coefficient (Wildman–Crippen LogP) is 0.647. The monoisotopic (exact) mass is 263 g/mol. The summed E-state index contributed by atoms with van der Waals surface area (Å²) < 4.78 is 0. The van der Waals surface area contributed by atoms with Crippen LogP contribution < -0.4 is 11.1 Å². The molecular formula is C8H20Cl3N3. The van der Waals surface area contributed by atoms with Crippen molar-refractivity contribution in [1.29, 1.82) is 0 Å². The average Bonchev–Trinajstić information content (AvgIpc) is 2.01. The highest BCUT2D eigenvalue weighted by Crippen LogP contribution is 2.17. The highest BCUT2D eigenvalue weighted by molar-refractivity contribution is 5.86. The molecule has 0 aromatic carbocycles. The van der Waals surface area contributed by atoms with Crippen LogP contribution in [0.3, 0.4) is 0 Å². The van der Waals surface area contributed by atoms with Crippen molar-refractivity contribution in [1.82, 2.24) is 10.2 Å². The normalized spacial score (nSPS) is 23.8. The van der Waals surface area contributed by atoms with E-state index in [-0.39, 0.29) is 37.2 Å². The van der Waals surface area contributed by atoms with Gasteiger partial charge in [0.1, 0.15) is 0 Å². The van der Waals surface area contributed by atoms with Gasteiger partial charge in [-0.2, -0.15) is 0 Å². The Labute approximate surface area is 104 Å². The number of nitrogens with two attached hydrogens (primary N) is 1. The first-order chi connectivity index (χ1) is 5.36.